The predicted octanol–water partition coefficient (Wildman–Crippen LogP) is 2.26. The average Bonchev–Trinajstić information content (AvgIpc) is 3.33. The SMILES string of the molecule is CCn1cc(C(=O)C(=O)N2CCCC2CC(O)c2cccs2)cn1. The third-order valence-electron chi connectivity index (χ3n) is 4.42. The van der Waals surface area contributed by atoms with Crippen molar-refractivity contribution in [2.75, 3.05) is 6.54 Å². The van der Waals surface area contributed by atoms with Gasteiger partial charge in [-0.3, -0.25) is 14.3 Å². The fourth-order valence-corrected chi connectivity index (χ4v) is 3.84. The molecule has 3 heterocycles. The predicted molar refractivity (Wildman–Crippen MR) is 90.9 cm³/mol. The first-order valence-corrected chi connectivity index (χ1v) is 9.07. The van der Waals surface area contributed by atoms with Gasteiger partial charge in [-0.25, -0.2) is 0 Å². The summed E-state index contributed by atoms with van der Waals surface area (Å²) in [6.45, 7) is 3.14. The summed E-state index contributed by atoms with van der Waals surface area (Å²) in [5, 5.41) is 16.3. The number of aromatic nitrogens is 2. The molecule has 2 aromatic heterocycles. The van der Waals surface area contributed by atoms with E-state index in [1.807, 2.05) is 24.4 Å². The van der Waals surface area contributed by atoms with Gasteiger partial charge < -0.3 is 10.0 Å². The van der Waals surface area contributed by atoms with Crippen molar-refractivity contribution < 1.29 is 14.7 Å². The number of ketones is 1. The molecule has 6 nitrogen and oxygen atoms in total. The van der Waals surface area contributed by atoms with E-state index in [0.29, 0.717) is 25.1 Å². The van der Waals surface area contributed by atoms with Crippen LogP contribution in [-0.2, 0) is 11.3 Å². The third-order valence-corrected chi connectivity index (χ3v) is 5.39. The van der Waals surface area contributed by atoms with Crippen molar-refractivity contribution in [2.24, 2.45) is 0 Å². The summed E-state index contributed by atoms with van der Waals surface area (Å²) in [6, 6.07) is 3.69. The van der Waals surface area contributed by atoms with E-state index in [2.05, 4.69) is 5.10 Å². The molecule has 7 heteroatoms. The van der Waals surface area contributed by atoms with Gasteiger partial charge in [0.15, 0.2) is 0 Å². The lowest BCUT2D eigenvalue weighted by molar-refractivity contribution is -0.127. The van der Waals surface area contributed by atoms with Crippen molar-refractivity contribution in [2.45, 2.75) is 44.9 Å². The zero-order valence-corrected chi connectivity index (χ0v) is 14.4. The Morgan fingerprint density at radius 1 is 1.50 bits per heavy atom. The number of hydrogen-bond donors (Lipinski definition) is 1. The lowest BCUT2D eigenvalue weighted by Gasteiger charge is -2.25. The maximum absolute atomic E-state index is 12.6. The second-order valence-electron chi connectivity index (χ2n) is 5.98. The van der Waals surface area contributed by atoms with E-state index < -0.39 is 17.8 Å². The Morgan fingerprint density at radius 3 is 3.00 bits per heavy atom. The van der Waals surface area contributed by atoms with Crippen molar-refractivity contribution in [1.82, 2.24) is 14.7 Å². The summed E-state index contributed by atoms with van der Waals surface area (Å²) in [5.74, 6) is -1.02. The first-order chi connectivity index (χ1) is 11.6. The molecule has 1 aliphatic heterocycles. The summed E-state index contributed by atoms with van der Waals surface area (Å²) in [6.07, 6.45) is 4.58. The molecule has 0 bridgehead atoms. The minimum atomic E-state index is -0.596. The van der Waals surface area contributed by atoms with Crippen LogP contribution in [0.2, 0.25) is 0 Å². The topological polar surface area (TPSA) is 75.4 Å². The Kier molecular flexibility index (Phi) is 5.11. The smallest absolute Gasteiger partial charge is 0.295 e. The van der Waals surface area contributed by atoms with E-state index in [1.165, 1.54) is 17.5 Å². The fraction of sp³-hybridized carbons (Fsp3) is 0.471. The molecule has 0 radical (unpaired) electrons. The standard InChI is InChI=1S/C17H21N3O3S/c1-2-19-11-12(10-18-19)16(22)17(23)20-7-3-5-13(20)9-14(21)15-6-4-8-24-15/h4,6,8,10-11,13-14,21H,2-3,5,7,9H2,1H3. The van der Waals surface area contributed by atoms with Gasteiger partial charge in [0.25, 0.3) is 11.7 Å². The molecule has 3 rings (SSSR count). The van der Waals surface area contributed by atoms with E-state index in [4.69, 9.17) is 0 Å². The number of aryl methyl sites for hydroxylation is 1. The summed E-state index contributed by atoms with van der Waals surface area (Å²) >= 11 is 1.50. The van der Waals surface area contributed by atoms with Gasteiger partial charge in [0.2, 0.25) is 0 Å². The molecule has 0 aromatic carbocycles. The molecule has 128 valence electrons. The van der Waals surface area contributed by atoms with Gasteiger partial charge in [0, 0.05) is 30.2 Å². The van der Waals surface area contributed by atoms with Gasteiger partial charge in [-0.2, -0.15) is 5.10 Å². The molecule has 24 heavy (non-hydrogen) atoms. The van der Waals surface area contributed by atoms with Crippen LogP contribution < -0.4 is 0 Å². The molecule has 2 unspecified atom stereocenters. The number of Topliss-reactive ketones (excluding diaryl/α,β-unsaturated/α-hetero) is 1. The second-order valence-corrected chi connectivity index (χ2v) is 6.95. The molecular formula is C17H21N3O3S. The Morgan fingerprint density at radius 2 is 2.33 bits per heavy atom. The van der Waals surface area contributed by atoms with Gasteiger partial charge >= 0.3 is 0 Å². The molecule has 1 fully saturated rings. The van der Waals surface area contributed by atoms with Gasteiger partial charge in [-0.05, 0) is 37.6 Å². The van der Waals surface area contributed by atoms with Crippen LogP contribution in [0, 0.1) is 0 Å². The largest absolute Gasteiger partial charge is 0.387 e. The van der Waals surface area contributed by atoms with Gasteiger partial charge in [-0.15, -0.1) is 11.3 Å². The molecule has 1 N–H and O–H groups in total. The highest BCUT2D eigenvalue weighted by Crippen LogP contribution is 2.29. The normalized spacial score (nSPS) is 18.8. The Balaban J connectivity index is 1.67. The zero-order chi connectivity index (χ0) is 17.1. The van der Waals surface area contributed by atoms with E-state index in [0.717, 1.165) is 17.7 Å². The summed E-state index contributed by atoms with van der Waals surface area (Å²) in [7, 11) is 0. The lowest BCUT2D eigenvalue weighted by atomic mass is 10.0. The fourth-order valence-electron chi connectivity index (χ4n) is 3.11. The van der Waals surface area contributed by atoms with Crippen molar-refractivity contribution in [1.29, 1.82) is 0 Å². The van der Waals surface area contributed by atoms with Crippen LogP contribution in [0.15, 0.2) is 29.9 Å². The van der Waals surface area contributed by atoms with Gasteiger partial charge in [0.1, 0.15) is 0 Å². The first kappa shape index (κ1) is 16.9. The summed E-state index contributed by atoms with van der Waals surface area (Å²) in [4.78, 5) is 27.5. The first-order valence-electron chi connectivity index (χ1n) is 8.19. The van der Waals surface area contributed by atoms with Crippen molar-refractivity contribution in [3.05, 3.63) is 40.3 Å². The maximum Gasteiger partial charge on any atom is 0.295 e. The van der Waals surface area contributed by atoms with Crippen LogP contribution in [0.3, 0.4) is 0 Å². The van der Waals surface area contributed by atoms with Crippen LogP contribution in [0.5, 0.6) is 0 Å². The van der Waals surface area contributed by atoms with Crippen molar-refractivity contribution in [3.8, 4) is 0 Å². The van der Waals surface area contributed by atoms with Crippen LogP contribution in [0.4, 0.5) is 0 Å². The zero-order valence-electron chi connectivity index (χ0n) is 13.6. The number of thiophene rings is 1. The molecule has 0 spiro atoms. The highest BCUT2D eigenvalue weighted by Gasteiger charge is 2.34. The monoisotopic (exact) mass is 347 g/mol. The minimum absolute atomic E-state index is 0.0974. The van der Waals surface area contributed by atoms with Crippen molar-refractivity contribution >= 4 is 23.0 Å². The van der Waals surface area contributed by atoms with E-state index in [1.54, 1.807) is 15.8 Å². The number of nitrogens with zero attached hydrogens (tertiary/aromatic N) is 3. The number of aliphatic hydroxyl groups is 1. The minimum Gasteiger partial charge on any atom is -0.387 e. The quantitative estimate of drug-likeness (QED) is 0.642. The number of rotatable bonds is 6. The summed E-state index contributed by atoms with van der Waals surface area (Å²) in [5.41, 5.74) is 0.325. The maximum atomic E-state index is 12.6. The molecule has 2 aromatic rings. The average molecular weight is 347 g/mol. The number of aliphatic hydroxyl groups excluding tert-OH is 1. The van der Waals surface area contributed by atoms with Crippen LogP contribution in [-0.4, -0.2) is 44.1 Å². The highest BCUT2D eigenvalue weighted by atomic mass is 32.1. The van der Waals surface area contributed by atoms with E-state index >= 15 is 0 Å². The number of hydrogen-bond acceptors (Lipinski definition) is 5. The number of carbonyl (C=O) groups is 2. The third kappa shape index (κ3) is 3.42. The summed E-state index contributed by atoms with van der Waals surface area (Å²) < 4.78 is 1.63. The Hall–Kier alpha value is -1.99. The number of carbonyl (C=O) groups excluding carboxylic acids is 2. The molecule has 1 aliphatic rings. The molecular weight excluding hydrogens is 326 g/mol. The van der Waals surface area contributed by atoms with E-state index in [9.17, 15) is 14.7 Å². The van der Waals surface area contributed by atoms with Crippen LogP contribution in [0.25, 0.3) is 0 Å². The Labute approximate surface area is 144 Å². The molecule has 0 aliphatic carbocycles. The van der Waals surface area contributed by atoms with Crippen LogP contribution >= 0.6 is 11.3 Å². The second kappa shape index (κ2) is 7.27. The highest BCUT2D eigenvalue weighted by molar-refractivity contribution is 7.10. The lowest BCUT2D eigenvalue weighted by Crippen LogP contribution is -2.40. The van der Waals surface area contributed by atoms with Gasteiger partial charge in [-0.1, -0.05) is 6.07 Å². The number of amides is 1. The molecule has 0 saturated carbocycles. The molecule has 1 amide bonds. The molecule has 2 atom stereocenters. The van der Waals surface area contributed by atoms with E-state index in [-0.39, 0.29) is 6.04 Å². The molecule has 1 saturated heterocycles. The van der Waals surface area contributed by atoms with Crippen molar-refractivity contribution in [3.63, 3.8) is 0 Å². The number of likely N-dealkylation sites (tertiary alicyclic amines) is 1. The van der Waals surface area contributed by atoms with Gasteiger partial charge in [0.05, 0.1) is 17.9 Å². The Bertz CT molecular complexity index is 710. The van der Waals surface area contributed by atoms with Crippen LogP contribution in [0.1, 0.15) is 47.5 Å².